The molecule has 1 atom stereocenters. The lowest BCUT2D eigenvalue weighted by atomic mass is 10.1. The van der Waals surface area contributed by atoms with Crippen LogP contribution in [0, 0.1) is 0 Å². The van der Waals surface area contributed by atoms with Gasteiger partial charge in [0.25, 0.3) is 0 Å². The van der Waals surface area contributed by atoms with E-state index in [2.05, 4.69) is 6.92 Å². The molecule has 0 fully saturated rings. The summed E-state index contributed by atoms with van der Waals surface area (Å²) in [7, 11) is 0. The highest BCUT2D eigenvalue weighted by molar-refractivity contribution is 4.59. The third kappa shape index (κ3) is 22.5. The fraction of sp³-hybridized carbons (Fsp3) is 1.00. The third-order valence-corrected chi connectivity index (χ3v) is 1.57. The Balaban J connectivity index is 0. The fourth-order valence-electron chi connectivity index (χ4n) is 0.418. The number of aliphatic hydroxyl groups excluding tert-OH is 1. The van der Waals surface area contributed by atoms with Gasteiger partial charge in [0.2, 0.25) is 0 Å². The molecular formula is C10H24O2. The van der Waals surface area contributed by atoms with E-state index in [9.17, 15) is 0 Å². The highest BCUT2D eigenvalue weighted by Crippen LogP contribution is 2.03. The molecule has 0 heterocycles. The maximum absolute atomic E-state index is 8.83. The lowest BCUT2D eigenvalue weighted by Crippen LogP contribution is -2.15. The Morgan fingerprint density at radius 3 is 1.58 bits per heavy atom. The largest absolute Gasteiger partial charge is 0.393 e. The van der Waals surface area contributed by atoms with Crippen LogP contribution in [0.15, 0.2) is 0 Å². The zero-order valence-electron chi connectivity index (χ0n) is 9.09. The molecule has 0 aromatic carbocycles. The van der Waals surface area contributed by atoms with Crippen molar-refractivity contribution in [2.24, 2.45) is 0 Å². The second-order valence-corrected chi connectivity index (χ2v) is 3.80. The van der Waals surface area contributed by atoms with Crippen LogP contribution < -0.4 is 0 Å². The molecule has 0 aliphatic heterocycles. The monoisotopic (exact) mass is 176 g/mol. The summed E-state index contributed by atoms with van der Waals surface area (Å²) < 4.78 is 0. The average molecular weight is 176 g/mol. The number of hydrogen-bond acceptors (Lipinski definition) is 2. The van der Waals surface area contributed by atoms with E-state index in [4.69, 9.17) is 10.2 Å². The molecular weight excluding hydrogens is 152 g/mol. The number of rotatable bonds is 3. The molecule has 2 N–H and O–H groups in total. The molecule has 1 unspecified atom stereocenters. The highest BCUT2D eigenvalue weighted by Gasteiger charge is 2.05. The van der Waals surface area contributed by atoms with Crippen LogP contribution in [0.2, 0.25) is 0 Å². The summed E-state index contributed by atoms with van der Waals surface area (Å²) >= 11 is 0. The van der Waals surface area contributed by atoms with E-state index in [1.165, 1.54) is 0 Å². The normalized spacial score (nSPS) is 13.2. The molecule has 0 bridgehead atoms. The summed E-state index contributed by atoms with van der Waals surface area (Å²) in [5, 5.41) is 17.4. The first kappa shape index (κ1) is 14.4. The van der Waals surface area contributed by atoms with Crippen LogP contribution in [0.25, 0.3) is 0 Å². The summed E-state index contributed by atoms with van der Waals surface area (Å²) in [4.78, 5) is 0. The predicted octanol–water partition coefficient (Wildman–Crippen LogP) is 2.33. The van der Waals surface area contributed by atoms with Crippen molar-refractivity contribution >= 4 is 0 Å². The van der Waals surface area contributed by atoms with Crippen molar-refractivity contribution in [3.05, 3.63) is 0 Å². The maximum atomic E-state index is 8.83. The van der Waals surface area contributed by atoms with Gasteiger partial charge in [0.15, 0.2) is 0 Å². The Hall–Kier alpha value is -0.0800. The zero-order chi connectivity index (χ0) is 10.2. The minimum absolute atomic E-state index is 0.102. The Labute approximate surface area is 76.6 Å². The van der Waals surface area contributed by atoms with Crippen LogP contribution in [0.3, 0.4) is 0 Å². The average Bonchev–Trinajstić information content (AvgIpc) is 1.87. The van der Waals surface area contributed by atoms with E-state index in [-0.39, 0.29) is 6.10 Å². The van der Waals surface area contributed by atoms with E-state index < -0.39 is 5.60 Å². The van der Waals surface area contributed by atoms with Gasteiger partial charge >= 0.3 is 0 Å². The van der Waals surface area contributed by atoms with Gasteiger partial charge in [-0.3, -0.25) is 0 Å². The topological polar surface area (TPSA) is 40.5 Å². The number of aliphatic hydroxyl groups is 2. The summed E-state index contributed by atoms with van der Waals surface area (Å²) in [6, 6.07) is 0. The van der Waals surface area contributed by atoms with Gasteiger partial charge in [-0.15, -0.1) is 0 Å². The minimum atomic E-state index is -0.458. The molecule has 12 heavy (non-hydrogen) atoms. The SMILES string of the molecule is CCC(C)(C)O.CCCC(C)O. The Kier molecular flexibility index (Phi) is 9.10. The molecule has 2 nitrogen and oxygen atoms in total. The highest BCUT2D eigenvalue weighted by atomic mass is 16.3. The Morgan fingerprint density at radius 2 is 1.58 bits per heavy atom. The number of hydrogen-bond donors (Lipinski definition) is 2. The molecule has 0 radical (unpaired) electrons. The van der Waals surface area contributed by atoms with Crippen LogP contribution in [0.5, 0.6) is 0 Å². The first-order valence-corrected chi connectivity index (χ1v) is 4.74. The molecule has 76 valence electrons. The molecule has 0 saturated heterocycles. The van der Waals surface area contributed by atoms with Gasteiger partial charge in [0.05, 0.1) is 11.7 Å². The van der Waals surface area contributed by atoms with E-state index in [1.807, 2.05) is 13.8 Å². The van der Waals surface area contributed by atoms with Gasteiger partial charge in [-0.2, -0.15) is 0 Å². The van der Waals surface area contributed by atoms with E-state index >= 15 is 0 Å². The van der Waals surface area contributed by atoms with E-state index in [0.717, 1.165) is 19.3 Å². The van der Waals surface area contributed by atoms with Crippen LogP contribution in [-0.2, 0) is 0 Å². The minimum Gasteiger partial charge on any atom is -0.393 e. The smallest absolute Gasteiger partial charge is 0.0589 e. The molecule has 2 heteroatoms. The van der Waals surface area contributed by atoms with Gasteiger partial charge in [0.1, 0.15) is 0 Å². The molecule has 0 rings (SSSR count). The standard InChI is InChI=1S/2C5H12O/c1-4-5(2,3)6;1-3-4-5(2)6/h6H,4H2,1-3H3;5-6H,3-4H2,1-2H3. The van der Waals surface area contributed by atoms with Crippen molar-refractivity contribution in [2.45, 2.75) is 65.6 Å². The van der Waals surface area contributed by atoms with Crippen molar-refractivity contribution in [1.29, 1.82) is 0 Å². The summed E-state index contributed by atoms with van der Waals surface area (Å²) in [5.74, 6) is 0. The van der Waals surface area contributed by atoms with Gasteiger partial charge in [-0.25, -0.2) is 0 Å². The lowest BCUT2D eigenvalue weighted by molar-refractivity contribution is 0.0765. The van der Waals surface area contributed by atoms with Crippen LogP contribution >= 0.6 is 0 Å². The Morgan fingerprint density at radius 1 is 1.25 bits per heavy atom. The molecule has 0 aromatic heterocycles. The van der Waals surface area contributed by atoms with Crippen molar-refractivity contribution < 1.29 is 10.2 Å². The van der Waals surface area contributed by atoms with E-state index in [0.29, 0.717) is 0 Å². The van der Waals surface area contributed by atoms with Crippen molar-refractivity contribution in [2.75, 3.05) is 0 Å². The lowest BCUT2D eigenvalue weighted by Gasteiger charge is -2.11. The van der Waals surface area contributed by atoms with Crippen LogP contribution in [0.4, 0.5) is 0 Å². The molecule has 0 aliphatic rings. The van der Waals surface area contributed by atoms with Crippen molar-refractivity contribution in [1.82, 2.24) is 0 Å². The third-order valence-electron chi connectivity index (χ3n) is 1.57. The van der Waals surface area contributed by atoms with Gasteiger partial charge in [-0.1, -0.05) is 20.3 Å². The van der Waals surface area contributed by atoms with Gasteiger partial charge < -0.3 is 10.2 Å². The van der Waals surface area contributed by atoms with Crippen LogP contribution in [0.1, 0.15) is 53.9 Å². The maximum Gasteiger partial charge on any atom is 0.0589 e. The second kappa shape index (κ2) is 7.56. The van der Waals surface area contributed by atoms with Crippen molar-refractivity contribution in [3.8, 4) is 0 Å². The zero-order valence-corrected chi connectivity index (χ0v) is 9.09. The quantitative estimate of drug-likeness (QED) is 0.693. The van der Waals surface area contributed by atoms with Gasteiger partial charge in [0, 0.05) is 0 Å². The summed E-state index contributed by atoms with van der Waals surface area (Å²) in [6.45, 7) is 9.43. The molecule has 0 saturated carbocycles. The van der Waals surface area contributed by atoms with E-state index in [1.54, 1.807) is 13.8 Å². The first-order chi connectivity index (χ1) is 5.33. The first-order valence-electron chi connectivity index (χ1n) is 4.74. The predicted molar refractivity (Wildman–Crippen MR) is 53.2 cm³/mol. The molecule has 0 aliphatic carbocycles. The second-order valence-electron chi connectivity index (χ2n) is 3.80. The summed E-state index contributed by atoms with van der Waals surface area (Å²) in [6.07, 6.45) is 2.74. The fourth-order valence-corrected chi connectivity index (χ4v) is 0.418. The summed E-state index contributed by atoms with van der Waals surface area (Å²) in [5.41, 5.74) is -0.458. The molecule has 0 amide bonds. The Bertz CT molecular complexity index is 82.3. The molecule has 0 spiro atoms. The molecule has 0 aromatic rings. The van der Waals surface area contributed by atoms with Crippen LogP contribution in [-0.4, -0.2) is 21.9 Å². The van der Waals surface area contributed by atoms with Crippen molar-refractivity contribution in [3.63, 3.8) is 0 Å². The van der Waals surface area contributed by atoms with Gasteiger partial charge in [-0.05, 0) is 33.6 Å².